The molecule has 0 aliphatic heterocycles. The van der Waals surface area contributed by atoms with Crippen LogP contribution in [0.1, 0.15) is 38.4 Å². The molecule has 1 aromatic heterocycles. The molecule has 2 rings (SSSR count). The first-order valence-corrected chi connectivity index (χ1v) is 6.76. The van der Waals surface area contributed by atoms with E-state index in [4.69, 9.17) is 5.10 Å². The lowest BCUT2D eigenvalue weighted by Gasteiger charge is -2.18. The molecule has 2 unspecified atom stereocenters. The van der Waals surface area contributed by atoms with E-state index < -0.39 is 0 Å². The van der Waals surface area contributed by atoms with Crippen molar-refractivity contribution in [2.24, 2.45) is 13.0 Å². The normalized spacial score (nSPS) is 14.9. The van der Waals surface area contributed by atoms with Crippen LogP contribution < -0.4 is 5.32 Å². The molecule has 98 valence electrons. The highest BCUT2D eigenvalue weighted by atomic mass is 15.3. The van der Waals surface area contributed by atoms with E-state index in [0.717, 1.165) is 6.42 Å². The molecule has 3 nitrogen and oxygen atoms in total. The molecule has 1 heterocycles. The largest absolute Gasteiger partial charge is 0.312 e. The van der Waals surface area contributed by atoms with Crippen molar-refractivity contribution in [3.63, 3.8) is 0 Å². The van der Waals surface area contributed by atoms with Crippen LogP contribution in [0.3, 0.4) is 0 Å². The van der Waals surface area contributed by atoms with Gasteiger partial charge in [-0.25, -0.2) is 0 Å². The second-order valence-corrected chi connectivity index (χ2v) is 5.12. The fourth-order valence-corrected chi connectivity index (χ4v) is 2.43. The van der Waals surface area contributed by atoms with E-state index in [0.29, 0.717) is 12.0 Å². The van der Waals surface area contributed by atoms with Gasteiger partial charge in [-0.1, -0.05) is 38.5 Å². The van der Waals surface area contributed by atoms with Crippen molar-refractivity contribution in [2.45, 2.75) is 32.7 Å². The van der Waals surface area contributed by atoms with Gasteiger partial charge in [-0.05, 0) is 25.5 Å². The molecule has 0 bridgehead atoms. The Labute approximate surface area is 109 Å². The Balaban J connectivity index is 2.39. The van der Waals surface area contributed by atoms with Gasteiger partial charge in [0.05, 0.1) is 17.3 Å². The van der Waals surface area contributed by atoms with Gasteiger partial charge in [0.1, 0.15) is 0 Å². The third-order valence-corrected chi connectivity index (χ3v) is 3.80. The highest BCUT2D eigenvalue weighted by Gasteiger charge is 2.19. The van der Waals surface area contributed by atoms with Crippen LogP contribution in [0, 0.1) is 5.92 Å². The Kier molecular flexibility index (Phi) is 4.02. The van der Waals surface area contributed by atoms with Gasteiger partial charge in [-0.15, -0.1) is 0 Å². The minimum atomic E-state index is 0.339. The van der Waals surface area contributed by atoms with Crippen LogP contribution >= 0.6 is 0 Å². The second kappa shape index (κ2) is 5.53. The van der Waals surface area contributed by atoms with E-state index in [1.807, 2.05) is 18.8 Å². The lowest BCUT2D eigenvalue weighted by molar-refractivity contribution is 0.415. The van der Waals surface area contributed by atoms with Gasteiger partial charge in [0.25, 0.3) is 0 Å². The number of nitrogens with zero attached hydrogens (tertiary/aromatic N) is 2. The first-order chi connectivity index (χ1) is 8.67. The molecule has 0 spiro atoms. The molecule has 0 aliphatic carbocycles. The Morgan fingerprint density at radius 2 is 2.06 bits per heavy atom. The van der Waals surface area contributed by atoms with Crippen LogP contribution in [0.4, 0.5) is 0 Å². The van der Waals surface area contributed by atoms with Crippen LogP contribution in [-0.4, -0.2) is 16.8 Å². The number of hydrogen-bond donors (Lipinski definition) is 1. The van der Waals surface area contributed by atoms with E-state index in [9.17, 15) is 0 Å². The Morgan fingerprint density at radius 3 is 2.72 bits per heavy atom. The van der Waals surface area contributed by atoms with Crippen molar-refractivity contribution in [3.05, 3.63) is 30.0 Å². The quantitative estimate of drug-likeness (QED) is 0.876. The Morgan fingerprint density at radius 1 is 1.33 bits per heavy atom. The van der Waals surface area contributed by atoms with E-state index in [-0.39, 0.29) is 0 Å². The van der Waals surface area contributed by atoms with Crippen molar-refractivity contribution < 1.29 is 0 Å². The van der Waals surface area contributed by atoms with E-state index in [2.05, 4.69) is 43.4 Å². The molecular formula is C15H23N3. The minimum absolute atomic E-state index is 0.339. The van der Waals surface area contributed by atoms with Crippen LogP contribution in [0.15, 0.2) is 24.3 Å². The molecule has 0 amide bonds. The van der Waals surface area contributed by atoms with E-state index in [1.54, 1.807) is 0 Å². The molecule has 0 saturated heterocycles. The molecule has 0 saturated carbocycles. The molecule has 0 aliphatic rings. The number of aromatic nitrogens is 2. The van der Waals surface area contributed by atoms with Gasteiger partial charge in [0.15, 0.2) is 0 Å². The van der Waals surface area contributed by atoms with Crippen molar-refractivity contribution in [3.8, 4) is 0 Å². The summed E-state index contributed by atoms with van der Waals surface area (Å²) in [4.78, 5) is 0. The smallest absolute Gasteiger partial charge is 0.0872 e. The molecule has 3 heteroatoms. The number of rotatable bonds is 5. The fraction of sp³-hybridized carbons (Fsp3) is 0.533. The van der Waals surface area contributed by atoms with E-state index in [1.165, 1.54) is 23.0 Å². The van der Waals surface area contributed by atoms with Crippen molar-refractivity contribution in [2.75, 3.05) is 7.05 Å². The highest BCUT2D eigenvalue weighted by molar-refractivity contribution is 5.82. The topological polar surface area (TPSA) is 29.9 Å². The number of nitrogens with one attached hydrogen (secondary N) is 1. The molecule has 18 heavy (non-hydrogen) atoms. The summed E-state index contributed by atoms with van der Waals surface area (Å²) in [5.41, 5.74) is 2.38. The molecule has 1 aromatic carbocycles. The zero-order valence-corrected chi connectivity index (χ0v) is 11.8. The predicted octanol–water partition coefficient (Wildman–Crippen LogP) is 3.27. The molecule has 1 N–H and O–H groups in total. The van der Waals surface area contributed by atoms with Crippen molar-refractivity contribution in [1.29, 1.82) is 0 Å². The van der Waals surface area contributed by atoms with Gasteiger partial charge in [0.2, 0.25) is 0 Å². The summed E-state index contributed by atoms with van der Waals surface area (Å²) in [6.45, 7) is 4.55. The van der Waals surface area contributed by atoms with E-state index >= 15 is 0 Å². The van der Waals surface area contributed by atoms with Gasteiger partial charge in [0, 0.05) is 12.4 Å². The molecule has 0 fully saturated rings. The second-order valence-electron chi connectivity index (χ2n) is 5.12. The minimum Gasteiger partial charge on any atom is -0.312 e. The summed E-state index contributed by atoms with van der Waals surface area (Å²) in [5, 5.41) is 9.38. The monoisotopic (exact) mass is 245 g/mol. The van der Waals surface area contributed by atoms with Crippen LogP contribution in [0.25, 0.3) is 10.9 Å². The maximum atomic E-state index is 4.70. The highest BCUT2D eigenvalue weighted by Crippen LogP contribution is 2.27. The summed E-state index contributed by atoms with van der Waals surface area (Å²) in [5.74, 6) is 0.711. The van der Waals surface area contributed by atoms with Gasteiger partial charge in [-0.3, -0.25) is 4.68 Å². The van der Waals surface area contributed by atoms with Gasteiger partial charge in [-0.2, -0.15) is 5.10 Å². The van der Waals surface area contributed by atoms with Crippen molar-refractivity contribution in [1.82, 2.24) is 15.1 Å². The van der Waals surface area contributed by atoms with Gasteiger partial charge < -0.3 is 5.32 Å². The lowest BCUT2D eigenvalue weighted by Crippen LogP contribution is -2.19. The standard InChI is InChI=1S/C15H23N3/c1-5-11(2)10-13(16-3)15-12-8-6-7-9-14(12)18(4)17-15/h6-9,11,13,16H,5,10H2,1-4H3. The fourth-order valence-electron chi connectivity index (χ4n) is 2.43. The van der Waals surface area contributed by atoms with Crippen molar-refractivity contribution >= 4 is 10.9 Å². The number of fused-ring (bicyclic) bond motifs is 1. The average molecular weight is 245 g/mol. The average Bonchev–Trinajstić information content (AvgIpc) is 2.74. The predicted molar refractivity (Wildman–Crippen MR) is 76.6 cm³/mol. The first kappa shape index (κ1) is 13.1. The van der Waals surface area contributed by atoms with Crippen LogP contribution in [0.5, 0.6) is 0 Å². The molecule has 2 atom stereocenters. The lowest BCUT2D eigenvalue weighted by atomic mass is 9.96. The third kappa shape index (κ3) is 2.41. The number of aryl methyl sites for hydroxylation is 1. The summed E-state index contributed by atoms with van der Waals surface area (Å²) < 4.78 is 1.98. The maximum Gasteiger partial charge on any atom is 0.0872 e. The molecule has 2 aromatic rings. The SMILES string of the molecule is CCC(C)CC(NC)c1nn(C)c2ccccc12. The summed E-state index contributed by atoms with van der Waals surface area (Å²) in [7, 11) is 4.04. The zero-order valence-electron chi connectivity index (χ0n) is 11.8. The molecule has 0 radical (unpaired) electrons. The number of hydrogen-bond acceptors (Lipinski definition) is 2. The summed E-state index contributed by atoms with van der Waals surface area (Å²) >= 11 is 0. The van der Waals surface area contributed by atoms with Crippen LogP contribution in [-0.2, 0) is 7.05 Å². The number of benzene rings is 1. The zero-order chi connectivity index (χ0) is 13.1. The maximum absolute atomic E-state index is 4.70. The summed E-state index contributed by atoms with van der Waals surface area (Å²) in [6.07, 6.45) is 2.34. The van der Waals surface area contributed by atoms with Gasteiger partial charge >= 0.3 is 0 Å². The number of para-hydroxylation sites is 1. The Bertz CT molecular complexity index is 515. The molecular weight excluding hydrogens is 222 g/mol. The third-order valence-electron chi connectivity index (χ3n) is 3.80. The summed E-state index contributed by atoms with van der Waals surface area (Å²) in [6, 6.07) is 8.78. The van der Waals surface area contributed by atoms with Crippen LogP contribution in [0.2, 0.25) is 0 Å². The first-order valence-electron chi connectivity index (χ1n) is 6.76. The Hall–Kier alpha value is -1.35.